The molecule has 0 unspecified atom stereocenters. The largest absolute Gasteiger partial charge is 0.376 e. The molecule has 1 N–H and O–H groups in total. The molecule has 1 fully saturated rings. The van der Waals surface area contributed by atoms with Gasteiger partial charge in [-0.05, 0) is 55.7 Å². The van der Waals surface area contributed by atoms with Crippen molar-refractivity contribution in [2.75, 3.05) is 23.3 Å². The minimum atomic E-state index is -0.710. The van der Waals surface area contributed by atoms with Crippen LogP contribution in [-0.4, -0.2) is 27.4 Å². The summed E-state index contributed by atoms with van der Waals surface area (Å²) < 4.78 is 1.17. The molecule has 0 radical (unpaired) electrons. The molecule has 8 nitrogen and oxygen atoms in total. The van der Waals surface area contributed by atoms with Crippen LogP contribution in [0.15, 0.2) is 53.5 Å². The molecule has 0 spiro atoms. The maximum Gasteiger partial charge on any atom is 0.376 e. The van der Waals surface area contributed by atoms with Crippen LogP contribution in [0.25, 0.3) is 5.65 Å². The quantitative estimate of drug-likeness (QED) is 0.563. The predicted octanol–water partition coefficient (Wildman–Crippen LogP) is 3.34. The summed E-state index contributed by atoms with van der Waals surface area (Å²) in [6.07, 6.45) is 5.12. The lowest BCUT2D eigenvalue weighted by molar-refractivity contribution is -0.385. The molecule has 4 rings (SSSR count). The lowest BCUT2D eigenvalue weighted by Crippen LogP contribution is -2.29. The molecule has 0 atom stereocenters. The van der Waals surface area contributed by atoms with E-state index in [4.69, 9.17) is 0 Å². The number of nitrogens with zero attached hydrogens (tertiary/aromatic N) is 4. The van der Waals surface area contributed by atoms with E-state index < -0.39 is 16.2 Å². The van der Waals surface area contributed by atoms with Crippen LogP contribution in [0.4, 0.5) is 22.9 Å². The molecule has 27 heavy (non-hydrogen) atoms. The molecule has 0 saturated carbocycles. The zero-order chi connectivity index (χ0) is 18.8. The number of piperidine rings is 1. The average molecular weight is 365 g/mol. The summed E-state index contributed by atoms with van der Waals surface area (Å²) in [4.78, 5) is 29.8. The Morgan fingerprint density at radius 1 is 1.04 bits per heavy atom. The first kappa shape index (κ1) is 17.0. The van der Waals surface area contributed by atoms with Crippen molar-refractivity contribution in [2.24, 2.45) is 0 Å². The first-order valence-electron chi connectivity index (χ1n) is 8.91. The van der Waals surface area contributed by atoms with Gasteiger partial charge in [-0.3, -0.25) is 19.3 Å². The van der Waals surface area contributed by atoms with Crippen molar-refractivity contribution in [2.45, 2.75) is 19.3 Å². The minimum absolute atomic E-state index is 0.0538. The van der Waals surface area contributed by atoms with Gasteiger partial charge in [-0.2, -0.15) is 0 Å². The van der Waals surface area contributed by atoms with Crippen molar-refractivity contribution in [3.8, 4) is 0 Å². The summed E-state index contributed by atoms with van der Waals surface area (Å²) in [5, 5.41) is 14.4. The second kappa shape index (κ2) is 7.06. The smallest absolute Gasteiger partial charge is 0.372 e. The molecule has 2 aromatic heterocycles. The molecule has 3 aromatic rings. The number of nitrogens with one attached hydrogen (secondary N) is 1. The number of hydrogen-bond donors (Lipinski definition) is 1. The van der Waals surface area contributed by atoms with E-state index in [0.717, 1.165) is 18.8 Å². The van der Waals surface area contributed by atoms with Crippen LogP contribution in [0.3, 0.4) is 0 Å². The third-order valence-corrected chi connectivity index (χ3v) is 4.74. The standard InChI is InChI=1S/C19H19N5O3/c25-19-17(24(26)27)18(21-16-6-2-5-13-23(16)19)20-14-7-9-15(10-8-14)22-11-3-1-4-12-22/h2,5-10,13,20H,1,3-4,11-12H2. The number of anilines is 3. The average Bonchev–Trinajstić information content (AvgIpc) is 2.69. The fraction of sp³-hybridized carbons (Fsp3) is 0.263. The minimum Gasteiger partial charge on any atom is -0.372 e. The van der Waals surface area contributed by atoms with Crippen LogP contribution >= 0.6 is 0 Å². The first-order chi connectivity index (χ1) is 13.1. The highest BCUT2D eigenvalue weighted by Crippen LogP contribution is 2.26. The van der Waals surface area contributed by atoms with Crippen LogP contribution in [0.5, 0.6) is 0 Å². The van der Waals surface area contributed by atoms with Gasteiger partial charge >= 0.3 is 11.2 Å². The Labute approximate surface area is 155 Å². The van der Waals surface area contributed by atoms with E-state index in [0.29, 0.717) is 11.3 Å². The maximum atomic E-state index is 12.5. The van der Waals surface area contributed by atoms with E-state index in [-0.39, 0.29) is 5.82 Å². The highest BCUT2D eigenvalue weighted by molar-refractivity contribution is 5.68. The van der Waals surface area contributed by atoms with Crippen LogP contribution in [0.2, 0.25) is 0 Å². The van der Waals surface area contributed by atoms with Crippen molar-refractivity contribution in [3.63, 3.8) is 0 Å². The number of pyridine rings is 1. The van der Waals surface area contributed by atoms with E-state index in [1.165, 1.54) is 29.9 Å². The molecule has 3 heterocycles. The van der Waals surface area contributed by atoms with E-state index >= 15 is 0 Å². The van der Waals surface area contributed by atoms with E-state index in [9.17, 15) is 14.9 Å². The highest BCUT2D eigenvalue weighted by atomic mass is 16.6. The third-order valence-electron chi connectivity index (χ3n) is 4.74. The molecule has 0 aliphatic carbocycles. The van der Waals surface area contributed by atoms with Gasteiger partial charge in [0.05, 0.1) is 4.92 Å². The second-order valence-corrected chi connectivity index (χ2v) is 6.52. The summed E-state index contributed by atoms with van der Waals surface area (Å²) in [5.41, 5.74) is 0.838. The van der Waals surface area contributed by atoms with E-state index in [1.54, 1.807) is 18.2 Å². The fourth-order valence-electron chi connectivity index (χ4n) is 3.38. The molecule has 0 amide bonds. The van der Waals surface area contributed by atoms with Crippen molar-refractivity contribution in [3.05, 3.63) is 69.1 Å². The Morgan fingerprint density at radius 2 is 1.78 bits per heavy atom. The summed E-state index contributed by atoms with van der Waals surface area (Å²) >= 11 is 0. The molecular weight excluding hydrogens is 346 g/mol. The van der Waals surface area contributed by atoms with E-state index in [1.807, 2.05) is 24.3 Å². The third kappa shape index (κ3) is 3.33. The van der Waals surface area contributed by atoms with Gasteiger partial charge < -0.3 is 10.2 Å². The summed E-state index contributed by atoms with van der Waals surface area (Å²) in [6, 6.07) is 12.7. The number of nitro groups is 1. The zero-order valence-electron chi connectivity index (χ0n) is 14.7. The second-order valence-electron chi connectivity index (χ2n) is 6.52. The van der Waals surface area contributed by atoms with Crippen LogP contribution < -0.4 is 15.8 Å². The van der Waals surface area contributed by atoms with Crippen molar-refractivity contribution < 1.29 is 4.92 Å². The summed E-state index contributed by atoms with van der Waals surface area (Å²) in [6.45, 7) is 2.09. The van der Waals surface area contributed by atoms with Crippen molar-refractivity contribution >= 4 is 28.5 Å². The highest BCUT2D eigenvalue weighted by Gasteiger charge is 2.23. The molecule has 138 valence electrons. The number of benzene rings is 1. The van der Waals surface area contributed by atoms with Gasteiger partial charge in [0, 0.05) is 30.7 Å². The van der Waals surface area contributed by atoms with Crippen LogP contribution in [0.1, 0.15) is 19.3 Å². The van der Waals surface area contributed by atoms with Gasteiger partial charge in [-0.15, -0.1) is 0 Å². The monoisotopic (exact) mass is 365 g/mol. The predicted molar refractivity (Wildman–Crippen MR) is 104 cm³/mol. The first-order valence-corrected chi connectivity index (χ1v) is 8.91. The van der Waals surface area contributed by atoms with Crippen LogP contribution in [-0.2, 0) is 0 Å². The molecule has 0 bridgehead atoms. The number of aromatic nitrogens is 2. The van der Waals surface area contributed by atoms with Crippen molar-refractivity contribution in [1.82, 2.24) is 9.38 Å². The summed E-state index contributed by atoms with van der Waals surface area (Å²) in [7, 11) is 0. The lowest BCUT2D eigenvalue weighted by atomic mass is 10.1. The van der Waals surface area contributed by atoms with Crippen molar-refractivity contribution in [1.29, 1.82) is 0 Å². The summed E-state index contributed by atoms with van der Waals surface area (Å²) in [5.74, 6) is -0.0538. The van der Waals surface area contributed by atoms with Crippen LogP contribution in [0, 0.1) is 10.1 Å². The molecule has 8 heteroatoms. The molecular formula is C19H19N5O3. The maximum absolute atomic E-state index is 12.5. The Kier molecular flexibility index (Phi) is 4.45. The van der Waals surface area contributed by atoms with Gasteiger partial charge in [0.1, 0.15) is 5.65 Å². The topological polar surface area (TPSA) is 92.8 Å². The molecule has 1 aromatic carbocycles. The SMILES string of the molecule is O=c1c([N+](=O)[O-])c(Nc2ccc(N3CCCCC3)cc2)nc2ccccn12. The van der Waals surface area contributed by atoms with Gasteiger partial charge in [-0.25, -0.2) is 4.98 Å². The zero-order valence-corrected chi connectivity index (χ0v) is 14.7. The van der Waals surface area contributed by atoms with Gasteiger partial charge in [-0.1, -0.05) is 6.07 Å². The number of fused-ring (bicyclic) bond motifs is 1. The Hall–Kier alpha value is -3.42. The lowest BCUT2D eigenvalue weighted by Gasteiger charge is -2.28. The Morgan fingerprint density at radius 3 is 2.48 bits per heavy atom. The number of rotatable bonds is 4. The molecule has 1 aliphatic heterocycles. The normalized spacial score (nSPS) is 14.3. The fourth-order valence-corrected chi connectivity index (χ4v) is 3.38. The number of hydrogen-bond acceptors (Lipinski definition) is 6. The molecule has 1 saturated heterocycles. The van der Waals surface area contributed by atoms with Gasteiger partial charge in [0.15, 0.2) is 0 Å². The Bertz CT molecular complexity index is 1040. The Balaban J connectivity index is 1.67. The molecule has 1 aliphatic rings. The van der Waals surface area contributed by atoms with Gasteiger partial charge in [0.25, 0.3) is 0 Å². The van der Waals surface area contributed by atoms with Gasteiger partial charge in [0.2, 0.25) is 5.82 Å². The van der Waals surface area contributed by atoms with E-state index in [2.05, 4.69) is 15.2 Å².